The van der Waals surface area contributed by atoms with Crippen LogP contribution >= 0.6 is 11.6 Å². The summed E-state index contributed by atoms with van der Waals surface area (Å²) in [5, 5.41) is 0.748. The van der Waals surface area contributed by atoms with E-state index in [1.165, 1.54) is 0 Å². The van der Waals surface area contributed by atoms with Gasteiger partial charge in [0.15, 0.2) is 0 Å². The molecule has 0 radical (unpaired) electrons. The van der Waals surface area contributed by atoms with Crippen LogP contribution in [0.3, 0.4) is 0 Å². The van der Waals surface area contributed by atoms with Crippen LogP contribution in [0.15, 0.2) is 18.2 Å². The Bertz CT molecular complexity index is 532. The van der Waals surface area contributed by atoms with Gasteiger partial charge in [0.05, 0.1) is 10.7 Å². The van der Waals surface area contributed by atoms with Gasteiger partial charge in [-0.2, -0.15) is 0 Å². The number of nitrogens with two attached hydrogens (primary N) is 1. The van der Waals surface area contributed by atoms with E-state index in [0.717, 1.165) is 42.3 Å². The summed E-state index contributed by atoms with van der Waals surface area (Å²) in [6.07, 6.45) is 1.65. The fourth-order valence-electron chi connectivity index (χ4n) is 3.15. The lowest BCUT2D eigenvalue weighted by Crippen LogP contribution is -2.51. The molecule has 0 bridgehead atoms. The topological polar surface area (TPSA) is 49.6 Å². The molecule has 2 aliphatic heterocycles. The van der Waals surface area contributed by atoms with Gasteiger partial charge in [0.1, 0.15) is 0 Å². The minimum atomic E-state index is -0.00847. The van der Waals surface area contributed by atoms with E-state index in [9.17, 15) is 4.79 Å². The zero-order valence-corrected chi connectivity index (χ0v) is 12.4. The predicted octanol–water partition coefficient (Wildman–Crippen LogP) is 2.17. The number of hydrogen-bond acceptors (Lipinski definition) is 3. The van der Waals surface area contributed by atoms with Crippen molar-refractivity contribution in [2.24, 2.45) is 5.73 Å². The maximum absolute atomic E-state index is 11.7. The maximum atomic E-state index is 11.7. The van der Waals surface area contributed by atoms with Crippen LogP contribution in [0.4, 0.5) is 5.69 Å². The van der Waals surface area contributed by atoms with Crippen molar-refractivity contribution in [1.29, 1.82) is 0 Å². The lowest BCUT2D eigenvalue weighted by molar-refractivity contribution is -0.129. The van der Waals surface area contributed by atoms with Crippen LogP contribution in [0.2, 0.25) is 5.02 Å². The van der Waals surface area contributed by atoms with Crippen LogP contribution in [0.25, 0.3) is 0 Å². The Morgan fingerprint density at radius 2 is 2.20 bits per heavy atom. The number of carbonyl (C=O) groups excluding carboxylic acids is 1. The molecule has 4 nitrogen and oxygen atoms in total. The van der Waals surface area contributed by atoms with Crippen LogP contribution in [0.1, 0.15) is 31.4 Å². The molecule has 2 fully saturated rings. The molecule has 108 valence electrons. The Labute approximate surface area is 124 Å². The molecule has 0 aliphatic carbocycles. The summed E-state index contributed by atoms with van der Waals surface area (Å²) < 4.78 is 0. The number of nitrogens with zero attached hydrogens (tertiary/aromatic N) is 2. The van der Waals surface area contributed by atoms with Crippen molar-refractivity contribution in [3.8, 4) is 0 Å². The Morgan fingerprint density at radius 1 is 1.40 bits per heavy atom. The van der Waals surface area contributed by atoms with E-state index in [2.05, 4.69) is 4.90 Å². The molecular weight excluding hydrogens is 274 g/mol. The first-order valence-electron chi connectivity index (χ1n) is 7.15. The minimum Gasteiger partial charge on any atom is -0.366 e. The zero-order valence-electron chi connectivity index (χ0n) is 11.7. The number of fused-ring (bicyclic) bond motifs is 1. The van der Waals surface area contributed by atoms with Crippen molar-refractivity contribution in [3.05, 3.63) is 28.8 Å². The molecule has 3 rings (SSSR count). The van der Waals surface area contributed by atoms with E-state index in [-0.39, 0.29) is 6.04 Å². The van der Waals surface area contributed by atoms with E-state index < -0.39 is 0 Å². The first-order chi connectivity index (χ1) is 9.56. The fraction of sp³-hybridized carbons (Fsp3) is 0.533. The second kappa shape index (κ2) is 5.26. The van der Waals surface area contributed by atoms with Crippen LogP contribution in [-0.4, -0.2) is 36.5 Å². The highest BCUT2D eigenvalue weighted by atomic mass is 35.5. The summed E-state index contributed by atoms with van der Waals surface area (Å²) in [7, 11) is 0. The second-order valence-electron chi connectivity index (χ2n) is 5.73. The van der Waals surface area contributed by atoms with Gasteiger partial charge >= 0.3 is 0 Å². The predicted molar refractivity (Wildman–Crippen MR) is 81.0 cm³/mol. The first kappa shape index (κ1) is 13.7. The quantitative estimate of drug-likeness (QED) is 0.909. The zero-order chi connectivity index (χ0) is 14.3. The lowest BCUT2D eigenvalue weighted by Gasteiger charge is -2.39. The first-order valence-corrected chi connectivity index (χ1v) is 7.53. The molecule has 2 saturated heterocycles. The number of carbonyl (C=O) groups is 1. The molecule has 2 N–H and O–H groups in total. The van der Waals surface area contributed by atoms with Gasteiger partial charge in [-0.3, -0.25) is 4.79 Å². The van der Waals surface area contributed by atoms with Gasteiger partial charge in [-0.05, 0) is 31.0 Å². The van der Waals surface area contributed by atoms with Crippen LogP contribution in [0.5, 0.6) is 0 Å². The number of amides is 1. The van der Waals surface area contributed by atoms with Crippen LogP contribution in [-0.2, 0) is 4.79 Å². The van der Waals surface area contributed by atoms with E-state index in [1.54, 1.807) is 0 Å². The number of halogens is 1. The molecule has 2 unspecified atom stereocenters. The number of hydrogen-bond donors (Lipinski definition) is 1. The number of anilines is 1. The van der Waals surface area contributed by atoms with Crippen LogP contribution < -0.4 is 10.6 Å². The highest BCUT2D eigenvalue weighted by Gasteiger charge is 2.35. The van der Waals surface area contributed by atoms with E-state index in [1.807, 2.05) is 30.0 Å². The van der Waals surface area contributed by atoms with E-state index in [0.29, 0.717) is 18.4 Å². The van der Waals surface area contributed by atoms with Gasteiger partial charge in [-0.15, -0.1) is 0 Å². The summed E-state index contributed by atoms with van der Waals surface area (Å²) in [6.45, 7) is 4.48. The Kier molecular flexibility index (Phi) is 3.61. The molecule has 2 aliphatic rings. The van der Waals surface area contributed by atoms with Gasteiger partial charge in [0, 0.05) is 38.1 Å². The third kappa shape index (κ3) is 2.38. The van der Waals surface area contributed by atoms with Gasteiger partial charge in [-0.25, -0.2) is 0 Å². The monoisotopic (exact) mass is 293 g/mol. The van der Waals surface area contributed by atoms with Gasteiger partial charge in [-0.1, -0.05) is 17.7 Å². The molecule has 2 atom stereocenters. The summed E-state index contributed by atoms with van der Waals surface area (Å²) in [5.41, 5.74) is 7.98. The van der Waals surface area contributed by atoms with Gasteiger partial charge in [0.2, 0.25) is 5.91 Å². The average molecular weight is 294 g/mol. The van der Waals surface area contributed by atoms with Crippen molar-refractivity contribution >= 4 is 23.2 Å². The summed E-state index contributed by atoms with van der Waals surface area (Å²) >= 11 is 6.40. The third-order valence-corrected chi connectivity index (χ3v) is 4.64. The largest absolute Gasteiger partial charge is 0.366 e. The number of piperazine rings is 1. The molecule has 1 aromatic rings. The van der Waals surface area contributed by atoms with Crippen LogP contribution in [0, 0.1) is 0 Å². The molecule has 5 heteroatoms. The average Bonchev–Trinajstić information content (AvgIpc) is 2.79. The maximum Gasteiger partial charge on any atom is 0.223 e. The smallest absolute Gasteiger partial charge is 0.223 e. The molecule has 1 amide bonds. The fourth-order valence-corrected chi connectivity index (χ4v) is 3.45. The van der Waals surface area contributed by atoms with Crippen molar-refractivity contribution in [1.82, 2.24) is 4.90 Å². The molecule has 0 saturated carbocycles. The molecular formula is C15H20ClN3O. The third-order valence-electron chi connectivity index (χ3n) is 4.33. The van der Waals surface area contributed by atoms with Crippen molar-refractivity contribution in [2.45, 2.75) is 31.8 Å². The Morgan fingerprint density at radius 3 is 2.90 bits per heavy atom. The summed E-state index contributed by atoms with van der Waals surface area (Å²) in [5.74, 6) is 0.299. The molecule has 0 aromatic heterocycles. The Hall–Kier alpha value is -1.26. The van der Waals surface area contributed by atoms with Crippen molar-refractivity contribution < 1.29 is 4.79 Å². The Balaban J connectivity index is 1.79. The normalized spacial score (nSPS) is 23.9. The van der Waals surface area contributed by atoms with E-state index >= 15 is 0 Å². The molecule has 0 spiro atoms. The number of benzene rings is 1. The summed E-state index contributed by atoms with van der Waals surface area (Å²) in [6, 6.07) is 6.38. The minimum absolute atomic E-state index is 0.00847. The van der Waals surface area contributed by atoms with Crippen molar-refractivity contribution in [3.63, 3.8) is 0 Å². The van der Waals surface area contributed by atoms with Gasteiger partial charge < -0.3 is 15.5 Å². The molecule has 20 heavy (non-hydrogen) atoms. The number of rotatable bonds is 2. The van der Waals surface area contributed by atoms with Crippen molar-refractivity contribution in [2.75, 3.05) is 24.5 Å². The lowest BCUT2D eigenvalue weighted by atomic mass is 10.1. The van der Waals surface area contributed by atoms with Gasteiger partial charge in [0.25, 0.3) is 0 Å². The molecule has 2 heterocycles. The molecule has 1 aromatic carbocycles. The highest BCUT2D eigenvalue weighted by molar-refractivity contribution is 6.33. The SMILES string of the molecule is CC(N)c1ccc(N2CCN3C(=O)CCC3C2)c(Cl)c1. The highest BCUT2D eigenvalue weighted by Crippen LogP contribution is 2.32. The standard InChI is InChI=1S/C15H20ClN3O/c1-10(17)11-2-4-14(13(16)8-11)18-6-7-19-12(9-18)3-5-15(19)20/h2,4,8,10,12H,3,5-7,9,17H2,1H3. The van der Waals surface area contributed by atoms with E-state index in [4.69, 9.17) is 17.3 Å². The summed E-state index contributed by atoms with van der Waals surface area (Å²) in [4.78, 5) is 16.0. The second-order valence-corrected chi connectivity index (χ2v) is 6.13.